The fourth-order valence-electron chi connectivity index (χ4n) is 1.54. The molecule has 1 aromatic rings. The first-order valence-electron chi connectivity index (χ1n) is 4.62. The number of aryl methyl sites for hydroxylation is 1. The van der Waals surface area contributed by atoms with Crippen molar-refractivity contribution in [3.8, 4) is 0 Å². The Morgan fingerprint density at radius 3 is 3.21 bits per heavy atom. The number of ketones is 1. The number of carbonyl (C=O) groups is 1. The van der Waals surface area contributed by atoms with E-state index in [0.717, 1.165) is 24.2 Å². The highest BCUT2D eigenvalue weighted by Crippen LogP contribution is 2.23. The van der Waals surface area contributed by atoms with Crippen molar-refractivity contribution in [1.29, 1.82) is 0 Å². The molecular formula is C11H12O3. The van der Waals surface area contributed by atoms with Crippen molar-refractivity contribution in [2.45, 2.75) is 12.8 Å². The van der Waals surface area contributed by atoms with Crippen LogP contribution in [0, 0.1) is 0 Å². The normalized spacial score (nSPS) is 14.1. The lowest BCUT2D eigenvalue weighted by Gasteiger charge is -2.00. The zero-order chi connectivity index (χ0) is 9.97. The molecule has 0 fully saturated rings. The van der Waals surface area contributed by atoms with Crippen LogP contribution in [0.25, 0.3) is 6.08 Å². The Hall–Kier alpha value is -1.35. The van der Waals surface area contributed by atoms with Gasteiger partial charge in [-0.2, -0.15) is 0 Å². The highest BCUT2D eigenvalue weighted by Gasteiger charge is 2.16. The van der Waals surface area contributed by atoms with Gasteiger partial charge in [-0.3, -0.25) is 4.79 Å². The molecule has 0 radical (unpaired) electrons. The van der Waals surface area contributed by atoms with E-state index in [1.807, 2.05) is 6.08 Å². The van der Waals surface area contributed by atoms with E-state index in [2.05, 4.69) is 6.08 Å². The molecule has 1 aliphatic carbocycles. The fraction of sp³-hybridized carbons (Fsp3) is 0.364. The Bertz CT molecular complexity index is 374. The Labute approximate surface area is 82.4 Å². The monoisotopic (exact) mass is 192 g/mol. The van der Waals surface area contributed by atoms with Gasteiger partial charge in [0.1, 0.15) is 12.4 Å². The van der Waals surface area contributed by atoms with Gasteiger partial charge in [0.25, 0.3) is 0 Å². The van der Waals surface area contributed by atoms with Crippen molar-refractivity contribution >= 4 is 11.9 Å². The number of furan rings is 1. The van der Waals surface area contributed by atoms with Gasteiger partial charge in [-0.05, 0) is 12.5 Å². The molecule has 0 saturated heterocycles. The van der Waals surface area contributed by atoms with Crippen LogP contribution in [0.4, 0.5) is 0 Å². The molecule has 14 heavy (non-hydrogen) atoms. The minimum Gasteiger partial charge on any atom is -0.457 e. The molecule has 0 saturated carbocycles. The van der Waals surface area contributed by atoms with Crippen molar-refractivity contribution < 1.29 is 13.9 Å². The maximum absolute atomic E-state index is 11.4. The maximum atomic E-state index is 11.4. The van der Waals surface area contributed by atoms with Crippen LogP contribution in [0.1, 0.15) is 28.3 Å². The van der Waals surface area contributed by atoms with Crippen LogP contribution >= 0.6 is 0 Å². The Kier molecular flexibility index (Phi) is 2.50. The predicted molar refractivity (Wildman–Crippen MR) is 52.3 cm³/mol. The number of ether oxygens (including phenoxy) is 1. The van der Waals surface area contributed by atoms with Gasteiger partial charge >= 0.3 is 0 Å². The summed E-state index contributed by atoms with van der Waals surface area (Å²) in [6, 6.07) is 1.78. The first-order chi connectivity index (χ1) is 6.81. The van der Waals surface area contributed by atoms with E-state index in [9.17, 15) is 4.79 Å². The standard InChI is InChI=1S/C11H12O3/c1-13-7-9(12)11-6-8-4-2-3-5-10(8)14-11/h2,4,6H,3,5,7H2,1H3. The second-order valence-corrected chi connectivity index (χ2v) is 3.29. The molecule has 3 heteroatoms. The van der Waals surface area contributed by atoms with E-state index in [4.69, 9.17) is 9.15 Å². The van der Waals surface area contributed by atoms with E-state index in [0.29, 0.717) is 5.76 Å². The lowest BCUT2D eigenvalue weighted by Crippen LogP contribution is -2.05. The molecule has 74 valence electrons. The maximum Gasteiger partial charge on any atom is 0.223 e. The molecule has 1 heterocycles. The minimum atomic E-state index is -0.102. The highest BCUT2D eigenvalue weighted by molar-refractivity contribution is 5.95. The molecule has 0 amide bonds. The molecule has 0 bridgehead atoms. The average molecular weight is 192 g/mol. The molecule has 2 rings (SSSR count). The quantitative estimate of drug-likeness (QED) is 0.688. The summed E-state index contributed by atoms with van der Waals surface area (Å²) >= 11 is 0. The number of carbonyl (C=O) groups excluding carboxylic acids is 1. The van der Waals surface area contributed by atoms with Crippen LogP contribution in [0.3, 0.4) is 0 Å². The summed E-state index contributed by atoms with van der Waals surface area (Å²) in [5.41, 5.74) is 1.02. The van der Waals surface area contributed by atoms with Crippen LogP contribution in [-0.2, 0) is 11.2 Å². The van der Waals surface area contributed by atoms with E-state index in [-0.39, 0.29) is 12.4 Å². The van der Waals surface area contributed by atoms with E-state index in [1.165, 1.54) is 7.11 Å². The number of allylic oxidation sites excluding steroid dienone is 1. The van der Waals surface area contributed by atoms with Crippen LogP contribution in [-0.4, -0.2) is 19.5 Å². The van der Waals surface area contributed by atoms with Crippen molar-refractivity contribution in [1.82, 2.24) is 0 Å². The number of Topliss-reactive ketones (excluding diaryl/α,β-unsaturated/α-hetero) is 1. The second kappa shape index (κ2) is 3.80. The second-order valence-electron chi connectivity index (χ2n) is 3.29. The molecule has 1 aliphatic rings. The summed E-state index contributed by atoms with van der Waals surface area (Å²) in [5, 5.41) is 0. The first-order valence-corrected chi connectivity index (χ1v) is 4.62. The third kappa shape index (κ3) is 1.63. The van der Waals surface area contributed by atoms with Gasteiger partial charge in [-0.1, -0.05) is 12.2 Å². The smallest absolute Gasteiger partial charge is 0.223 e. The van der Waals surface area contributed by atoms with Gasteiger partial charge < -0.3 is 9.15 Å². The SMILES string of the molecule is COCC(=O)c1cc2c(o1)CCC=C2. The molecule has 0 atom stereocenters. The van der Waals surface area contributed by atoms with Gasteiger partial charge in [0.15, 0.2) is 5.76 Å². The van der Waals surface area contributed by atoms with Crippen LogP contribution in [0.15, 0.2) is 16.6 Å². The van der Waals surface area contributed by atoms with Gasteiger partial charge in [-0.25, -0.2) is 0 Å². The van der Waals surface area contributed by atoms with Gasteiger partial charge in [0.2, 0.25) is 5.78 Å². The zero-order valence-electron chi connectivity index (χ0n) is 8.08. The molecule has 0 N–H and O–H groups in total. The third-order valence-corrected chi connectivity index (χ3v) is 2.23. The summed E-state index contributed by atoms with van der Waals surface area (Å²) in [7, 11) is 1.50. The summed E-state index contributed by atoms with van der Waals surface area (Å²) in [5.74, 6) is 1.21. The lowest BCUT2D eigenvalue weighted by atomic mass is 10.1. The van der Waals surface area contributed by atoms with E-state index in [1.54, 1.807) is 6.07 Å². The first kappa shape index (κ1) is 9.21. The van der Waals surface area contributed by atoms with Gasteiger partial charge in [0, 0.05) is 19.1 Å². The number of rotatable bonds is 3. The molecule has 0 spiro atoms. The van der Waals surface area contributed by atoms with E-state index >= 15 is 0 Å². The average Bonchev–Trinajstić information content (AvgIpc) is 2.61. The van der Waals surface area contributed by atoms with Crippen molar-refractivity contribution in [3.63, 3.8) is 0 Å². The molecule has 0 aliphatic heterocycles. The topological polar surface area (TPSA) is 39.4 Å². The molecule has 0 aromatic carbocycles. The summed E-state index contributed by atoms with van der Waals surface area (Å²) in [4.78, 5) is 11.4. The van der Waals surface area contributed by atoms with Crippen LogP contribution in [0.5, 0.6) is 0 Å². The zero-order valence-corrected chi connectivity index (χ0v) is 8.08. The number of methoxy groups -OCH3 is 1. The fourth-order valence-corrected chi connectivity index (χ4v) is 1.54. The number of fused-ring (bicyclic) bond motifs is 1. The number of hydrogen-bond donors (Lipinski definition) is 0. The van der Waals surface area contributed by atoms with Crippen LogP contribution < -0.4 is 0 Å². The molecule has 0 unspecified atom stereocenters. The van der Waals surface area contributed by atoms with Gasteiger partial charge in [0.05, 0.1) is 0 Å². The Morgan fingerprint density at radius 2 is 2.50 bits per heavy atom. The molecule has 3 nitrogen and oxygen atoms in total. The third-order valence-electron chi connectivity index (χ3n) is 2.23. The highest BCUT2D eigenvalue weighted by atomic mass is 16.5. The van der Waals surface area contributed by atoms with Crippen molar-refractivity contribution in [3.05, 3.63) is 29.2 Å². The van der Waals surface area contributed by atoms with Crippen molar-refractivity contribution in [2.24, 2.45) is 0 Å². The Morgan fingerprint density at radius 1 is 1.64 bits per heavy atom. The lowest BCUT2D eigenvalue weighted by molar-refractivity contribution is 0.0818. The van der Waals surface area contributed by atoms with E-state index < -0.39 is 0 Å². The largest absolute Gasteiger partial charge is 0.457 e. The summed E-state index contributed by atoms with van der Waals surface area (Å²) in [6.07, 6.45) is 5.94. The minimum absolute atomic E-state index is 0.0795. The summed E-state index contributed by atoms with van der Waals surface area (Å²) in [6.45, 7) is 0.0795. The number of hydrogen-bond acceptors (Lipinski definition) is 3. The van der Waals surface area contributed by atoms with Crippen LogP contribution in [0.2, 0.25) is 0 Å². The predicted octanol–water partition coefficient (Wildman–Crippen LogP) is 2.07. The van der Waals surface area contributed by atoms with Crippen molar-refractivity contribution in [2.75, 3.05) is 13.7 Å². The van der Waals surface area contributed by atoms with Gasteiger partial charge in [-0.15, -0.1) is 0 Å². The Balaban J connectivity index is 2.24. The summed E-state index contributed by atoms with van der Waals surface area (Å²) < 4.78 is 10.2. The molecular weight excluding hydrogens is 180 g/mol. The molecule has 1 aromatic heterocycles.